The second-order valence-corrected chi connectivity index (χ2v) is 5.75. The van der Waals surface area contributed by atoms with Crippen molar-refractivity contribution in [2.24, 2.45) is 5.73 Å². The molecule has 21 heavy (non-hydrogen) atoms. The second-order valence-electron chi connectivity index (χ2n) is 4.90. The van der Waals surface area contributed by atoms with Gasteiger partial charge in [-0.05, 0) is 53.0 Å². The van der Waals surface area contributed by atoms with E-state index in [4.69, 9.17) is 10.5 Å². The molecule has 2 aromatic carbocycles. The molecule has 2 nitrogen and oxygen atoms in total. The van der Waals surface area contributed by atoms with E-state index in [1.807, 2.05) is 25.1 Å². The summed E-state index contributed by atoms with van der Waals surface area (Å²) in [5.41, 5.74) is 6.61. The lowest BCUT2D eigenvalue weighted by molar-refractivity contribution is 0.289. The summed E-state index contributed by atoms with van der Waals surface area (Å²) in [6.45, 7) is 1.72. The molecule has 0 saturated carbocycles. The van der Waals surface area contributed by atoms with Gasteiger partial charge in [-0.2, -0.15) is 0 Å². The SMILES string of the molecule is CC(N)Cc1ccccc1OCc1c(F)ccc(Br)c1F. The summed E-state index contributed by atoms with van der Waals surface area (Å²) in [6.07, 6.45) is 0.639. The molecular formula is C16H16BrF2NO. The van der Waals surface area contributed by atoms with Crippen LogP contribution in [-0.4, -0.2) is 6.04 Å². The van der Waals surface area contributed by atoms with Crippen LogP contribution < -0.4 is 10.5 Å². The van der Waals surface area contributed by atoms with Gasteiger partial charge in [0.15, 0.2) is 0 Å². The van der Waals surface area contributed by atoms with Crippen LogP contribution in [0.2, 0.25) is 0 Å². The molecule has 0 heterocycles. The molecule has 0 aliphatic carbocycles. The minimum absolute atomic E-state index is 0.0194. The van der Waals surface area contributed by atoms with E-state index < -0.39 is 11.6 Å². The Morgan fingerprint density at radius 2 is 1.90 bits per heavy atom. The molecule has 0 spiro atoms. The molecule has 112 valence electrons. The zero-order valence-electron chi connectivity index (χ0n) is 11.6. The van der Waals surface area contributed by atoms with Gasteiger partial charge in [-0.15, -0.1) is 0 Å². The number of rotatable bonds is 5. The maximum absolute atomic E-state index is 13.9. The maximum Gasteiger partial charge on any atom is 0.146 e. The van der Waals surface area contributed by atoms with Crippen molar-refractivity contribution >= 4 is 15.9 Å². The van der Waals surface area contributed by atoms with E-state index in [1.165, 1.54) is 12.1 Å². The largest absolute Gasteiger partial charge is 0.488 e. The fraction of sp³-hybridized carbons (Fsp3) is 0.250. The predicted molar refractivity (Wildman–Crippen MR) is 82.2 cm³/mol. The number of benzene rings is 2. The Morgan fingerprint density at radius 3 is 2.62 bits per heavy atom. The zero-order valence-corrected chi connectivity index (χ0v) is 13.2. The first kappa shape index (κ1) is 15.9. The molecule has 5 heteroatoms. The van der Waals surface area contributed by atoms with Gasteiger partial charge >= 0.3 is 0 Å². The van der Waals surface area contributed by atoms with E-state index in [0.29, 0.717) is 12.2 Å². The molecule has 0 saturated heterocycles. The van der Waals surface area contributed by atoms with Crippen molar-refractivity contribution < 1.29 is 13.5 Å². The summed E-state index contributed by atoms with van der Waals surface area (Å²) in [5, 5.41) is 0. The lowest BCUT2D eigenvalue weighted by Gasteiger charge is -2.14. The summed E-state index contributed by atoms with van der Waals surface area (Å²) in [7, 11) is 0. The molecule has 0 radical (unpaired) electrons. The van der Waals surface area contributed by atoms with Crippen LogP contribution in [0.5, 0.6) is 5.75 Å². The van der Waals surface area contributed by atoms with Gasteiger partial charge in [-0.25, -0.2) is 8.78 Å². The molecule has 2 aromatic rings. The minimum Gasteiger partial charge on any atom is -0.488 e. The van der Waals surface area contributed by atoms with Crippen molar-refractivity contribution in [2.75, 3.05) is 0 Å². The van der Waals surface area contributed by atoms with Crippen LogP contribution in [0.1, 0.15) is 18.1 Å². The van der Waals surface area contributed by atoms with E-state index in [2.05, 4.69) is 15.9 Å². The Hall–Kier alpha value is -1.46. The minimum atomic E-state index is -0.639. The fourth-order valence-corrected chi connectivity index (χ4v) is 2.38. The van der Waals surface area contributed by atoms with Crippen LogP contribution in [-0.2, 0) is 13.0 Å². The Bertz CT molecular complexity index is 632. The van der Waals surface area contributed by atoms with Gasteiger partial charge in [-0.3, -0.25) is 0 Å². The molecule has 0 amide bonds. The Kier molecular flexibility index (Phi) is 5.31. The summed E-state index contributed by atoms with van der Waals surface area (Å²) in [5.74, 6) is -0.673. The summed E-state index contributed by atoms with van der Waals surface area (Å²) in [4.78, 5) is 0. The molecule has 0 aromatic heterocycles. The number of hydrogen-bond donors (Lipinski definition) is 1. The number of para-hydroxylation sites is 1. The summed E-state index contributed by atoms with van der Waals surface area (Å²) >= 11 is 3.04. The number of ether oxygens (including phenoxy) is 1. The molecule has 1 unspecified atom stereocenters. The predicted octanol–water partition coefficient (Wildman–Crippen LogP) is 4.20. The molecule has 1 atom stereocenters. The van der Waals surface area contributed by atoms with Crippen LogP contribution in [0.4, 0.5) is 8.78 Å². The average molecular weight is 356 g/mol. The smallest absolute Gasteiger partial charge is 0.146 e. The van der Waals surface area contributed by atoms with Gasteiger partial charge < -0.3 is 10.5 Å². The molecule has 2 N–H and O–H groups in total. The third-order valence-corrected chi connectivity index (χ3v) is 3.64. The third-order valence-electron chi connectivity index (χ3n) is 3.03. The van der Waals surface area contributed by atoms with Gasteiger partial charge in [-0.1, -0.05) is 18.2 Å². The Balaban J connectivity index is 2.19. The fourth-order valence-electron chi connectivity index (χ4n) is 2.01. The van der Waals surface area contributed by atoms with Gasteiger partial charge in [0.25, 0.3) is 0 Å². The van der Waals surface area contributed by atoms with Gasteiger partial charge in [0, 0.05) is 6.04 Å². The normalized spacial score (nSPS) is 12.2. The molecule has 0 bridgehead atoms. The quantitative estimate of drug-likeness (QED) is 0.816. The van der Waals surface area contributed by atoms with E-state index in [0.717, 1.165) is 5.56 Å². The number of nitrogens with two attached hydrogens (primary N) is 1. The highest BCUT2D eigenvalue weighted by Gasteiger charge is 2.14. The van der Waals surface area contributed by atoms with E-state index in [1.54, 1.807) is 6.07 Å². The number of hydrogen-bond acceptors (Lipinski definition) is 2. The van der Waals surface area contributed by atoms with Gasteiger partial charge in [0.2, 0.25) is 0 Å². The van der Waals surface area contributed by atoms with Crippen LogP contribution in [0.25, 0.3) is 0 Å². The highest BCUT2D eigenvalue weighted by molar-refractivity contribution is 9.10. The van der Waals surface area contributed by atoms with Crippen LogP contribution in [0.3, 0.4) is 0 Å². The average Bonchev–Trinajstić information content (AvgIpc) is 2.44. The zero-order chi connectivity index (χ0) is 15.4. The molecule has 0 aliphatic heterocycles. The monoisotopic (exact) mass is 355 g/mol. The van der Waals surface area contributed by atoms with Crippen LogP contribution >= 0.6 is 15.9 Å². The lowest BCUT2D eigenvalue weighted by atomic mass is 10.1. The van der Waals surface area contributed by atoms with Crippen LogP contribution in [0.15, 0.2) is 40.9 Å². The maximum atomic E-state index is 13.9. The second kappa shape index (κ2) is 7.00. The van der Waals surface area contributed by atoms with Crippen molar-refractivity contribution in [3.63, 3.8) is 0 Å². The molecule has 2 rings (SSSR count). The highest BCUT2D eigenvalue weighted by atomic mass is 79.9. The van der Waals surface area contributed by atoms with Gasteiger partial charge in [0.1, 0.15) is 24.0 Å². The Labute approximate surface area is 131 Å². The first-order valence-corrected chi connectivity index (χ1v) is 7.37. The molecule has 0 aliphatic rings. The van der Waals surface area contributed by atoms with Crippen molar-refractivity contribution in [3.8, 4) is 5.75 Å². The third kappa shape index (κ3) is 4.02. The van der Waals surface area contributed by atoms with Crippen LogP contribution in [0, 0.1) is 11.6 Å². The van der Waals surface area contributed by atoms with Gasteiger partial charge in [0.05, 0.1) is 10.0 Å². The first-order chi connectivity index (χ1) is 9.99. The summed E-state index contributed by atoms with van der Waals surface area (Å²) < 4.78 is 33.4. The van der Waals surface area contributed by atoms with Crippen molar-refractivity contribution in [1.82, 2.24) is 0 Å². The molecule has 0 fully saturated rings. The lowest BCUT2D eigenvalue weighted by Crippen LogP contribution is -2.18. The standard InChI is InChI=1S/C16H16BrF2NO/c1-10(20)8-11-4-2-3-5-15(11)21-9-12-14(18)7-6-13(17)16(12)19/h2-7,10H,8-9,20H2,1H3. The van der Waals surface area contributed by atoms with E-state index in [-0.39, 0.29) is 22.7 Å². The van der Waals surface area contributed by atoms with E-state index in [9.17, 15) is 8.78 Å². The van der Waals surface area contributed by atoms with Crippen molar-refractivity contribution in [1.29, 1.82) is 0 Å². The highest BCUT2D eigenvalue weighted by Crippen LogP contribution is 2.25. The topological polar surface area (TPSA) is 35.2 Å². The summed E-state index contributed by atoms with van der Waals surface area (Å²) in [6, 6.07) is 9.88. The Morgan fingerprint density at radius 1 is 1.19 bits per heavy atom. The molecular weight excluding hydrogens is 340 g/mol. The van der Waals surface area contributed by atoms with Crippen molar-refractivity contribution in [3.05, 3.63) is 63.6 Å². The first-order valence-electron chi connectivity index (χ1n) is 6.57. The van der Waals surface area contributed by atoms with Crippen molar-refractivity contribution in [2.45, 2.75) is 26.0 Å². The van der Waals surface area contributed by atoms with E-state index >= 15 is 0 Å². The number of halogens is 3.